The molecule has 0 fully saturated rings. The van der Waals surface area contributed by atoms with E-state index in [1.54, 1.807) is 0 Å². The monoisotopic (exact) mass is 235 g/mol. The molecule has 17 heavy (non-hydrogen) atoms. The first-order chi connectivity index (χ1) is 8.08. The molecule has 1 aromatic rings. The Morgan fingerprint density at radius 2 is 2.12 bits per heavy atom. The SMILES string of the molecule is CC(C)=CCCCCn1cc(CC(C)C)nn1. The number of nitrogens with zero attached hydrogens (tertiary/aromatic N) is 3. The maximum Gasteiger partial charge on any atom is 0.0829 e. The summed E-state index contributed by atoms with van der Waals surface area (Å²) < 4.78 is 1.97. The molecule has 0 spiro atoms. The van der Waals surface area contributed by atoms with E-state index in [2.05, 4.69) is 50.3 Å². The second-order valence-electron chi connectivity index (χ2n) is 5.35. The van der Waals surface area contributed by atoms with Gasteiger partial charge in [-0.05, 0) is 45.4 Å². The van der Waals surface area contributed by atoms with Crippen molar-refractivity contribution < 1.29 is 0 Å². The van der Waals surface area contributed by atoms with E-state index in [1.807, 2.05) is 4.68 Å². The van der Waals surface area contributed by atoms with Crippen LogP contribution in [-0.2, 0) is 13.0 Å². The molecule has 0 aliphatic heterocycles. The average Bonchev–Trinajstić information content (AvgIpc) is 2.63. The van der Waals surface area contributed by atoms with Crippen molar-refractivity contribution in [3.05, 3.63) is 23.5 Å². The summed E-state index contributed by atoms with van der Waals surface area (Å²) in [7, 11) is 0. The van der Waals surface area contributed by atoms with Crippen LogP contribution in [0.4, 0.5) is 0 Å². The van der Waals surface area contributed by atoms with Crippen molar-refractivity contribution in [2.75, 3.05) is 0 Å². The molecule has 0 unspecified atom stereocenters. The van der Waals surface area contributed by atoms with Crippen LogP contribution in [0.1, 0.15) is 52.7 Å². The van der Waals surface area contributed by atoms with Gasteiger partial charge in [0.2, 0.25) is 0 Å². The number of unbranched alkanes of at least 4 members (excludes halogenated alkanes) is 2. The van der Waals surface area contributed by atoms with Crippen molar-refractivity contribution in [1.29, 1.82) is 0 Å². The average molecular weight is 235 g/mol. The fraction of sp³-hybridized carbons (Fsp3) is 0.714. The lowest BCUT2D eigenvalue weighted by atomic mass is 10.1. The van der Waals surface area contributed by atoms with Gasteiger partial charge in [0.15, 0.2) is 0 Å². The summed E-state index contributed by atoms with van der Waals surface area (Å²) in [5.74, 6) is 0.651. The van der Waals surface area contributed by atoms with E-state index in [0.29, 0.717) is 5.92 Å². The lowest BCUT2D eigenvalue weighted by Crippen LogP contribution is -1.98. The lowest BCUT2D eigenvalue weighted by Gasteiger charge is -2.00. The molecular formula is C14H25N3. The van der Waals surface area contributed by atoms with Gasteiger partial charge in [-0.15, -0.1) is 5.10 Å². The van der Waals surface area contributed by atoms with E-state index in [0.717, 1.165) is 18.7 Å². The summed E-state index contributed by atoms with van der Waals surface area (Å²) in [6.45, 7) is 9.70. The van der Waals surface area contributed by atoms with Gasteiger partial charge in [0.25, 0.3) is 0 Å². The van der Waals surface area contributed by atoms with Crippen LogP contribution < -0.4 is 0 Å². The van der Waals surface area contributed by atoms with E-state index in [-0.39, 0.29) is 0 Å². The first-order valence-corrected chi connectivity index (χ1v) is 6.60. The fourth-order valence-corrected chi connectivity index (χ4v) is 1.77. The van der Waals surface area contributed by atoms with Gasteiger partial charge in [-0.2, -0.15) is 0 Å². The summed E-state index contributed by atoms with van der Waals surface area (Å²) >= 11 is 0. The Labute approximate surface area is 105 Å². The molecule has 0 saturated heterocycles. The minimum absolute atomic E-state index is 0.651. The van der Waals surface area contributed by atoms with Crippen molar-refractivity contribution in [2.45, 2.75) is 59.9 Å². The van der Waals surface area contributed by atoms with Crippen molar-refractivity contribution in [3.8, 4) is 0 Å². The van der Waals surface area contributed by atoms with Crippen molar-refractivity contribution in [1.82, 2.24) is 15.0 Å². The van der Waals surface area contributed by atoms with Gasteiger partial charge in [0.1, 0.15) is 0 Å². The van der Waals surface area contributed by atoms with Crippen LogP contribution in [0.5, 0.6) is 0 Å². The lowest BCUT2D eigenvalue weighted by molar-refractivity contribution is 0.543. The van der Waals surface area contributed by atoms with E-state index in [9.17, 15) is 0 Å². The number of hydrogen-bond donors (Lipinski definition) is 0. The van der Waals surface area contributed by atoms with Crippen molar-refractivity contribution >= 4 is 0 Å². The second-order valence-corrected chi connectivity index (χ2v) is 5.35. The smallest absolute Gasteiger partial charge is 0.0829 e. The zero-order chi connectivity index (χ0) is 12.7. The highest BCUT2D eigenvalue weighted by Crippen LogP contribution is 2.06. The number of aryl methyl sites for hydroxylation is 1. The first-order valence-electron chi connectivity index (χ1n) is 6.60. The highest BCUT2D eigenvalue weighted by Gasteiger charge is 2.02. The molecule has 0 amide bonds. The van der Waals surface area contributed by atoms with Crippen LogP contribution in [0.2, 0.25) is 0 Å². The molecule has 0 saturated carbocycles. The number of allylic oxidation sites excluding steroid dienone is 2. The van der Waals surface area contributed by atoms with Crippen LogP contribution in [0.25, 0.3) is 0 Å². The number of aromatic nitrogens is 3. The molecule has 0 radical (unpaired) electrons. The first kappa shape index (κ1) is 13.9. The third kappa shape index (κ3) is 6.25. The van der Waals surface area contributed by atoms with Gasteiger partial charge < -0.3 is 0 Å². The van der Waals surface area contributed by atoms with Gasteiger partial charge >= 0.3 is 0 Å². The standard InChI is InChI=1S/C14H25N3/c1-12(2)8-6-5-7-9-17-11-14(15-16-17)10-13(3)4/h8,11,13H,5-7,9-10H2,1-4H3. The van der Waals surface area contributed by atoms with Gasteiger partial charge in [-0.25, -0.2) is 0 Å². The van der Waals surface area contributed by atoms with Crippen LogP contribution in [0.15, 0.2) is 17.8 Å². The Kier molecular flexibility index (Phi) is 5.95. The Morgan fingerprint density at radius 1 is 1.35 bits per heavy atom. The maximum absolute atomic E-state index is 4.18. The Hall–Kier alpha value is -1.12. The van der Waals surface area contributed by atoms with Crippen LogP contribution in [-0.4, -0.2) is 15.0 Å². The highest BCUT2D eigenvalue weighted by atomic mass is 15.4. The van der Waals surface area contributed by atoms with Crippen LogP contribution >= 0.6 is 0 Å². The summed E-state index contributed by atoms with van der Waals surface area (Å²) in [4.78, 5) is 0. The predicted molar refractivity (Wildman–Crippen MR) is 71.8 cm³/mol. The van der Waals surface area contributed by atoms with Gasteiger partial charge in [0.05, 0.1) is 5.69 Å². The van der Waals surface area contributed by atoms with E-state index in [1.165, 1.54) is 24.8 Å². The fourth-order valence-electron chi connectivity index (χ4n) is 1.77. The summed E-state index contributed by atoms with van der Waals surface area (Å²) in [5.41, 5.74) is 2.52. The van der Waals surface area contributed by atoms with Gasteiger partial charge in [-0.3, -0.25) is 4.68 Å². The van der Waals surface area contributed by atoms with Crippen LogP contribution in [0.3, 0.4) is 0 Å². The molecule has 1 rings (SSSR count). The Bertz CT molecular complexity index is 346. The zero-order valence-corrected chi connectivity index (χ0v) is 11.6. The largest absolute Gasteiger partial charge is 0.252 e. The number of hydrogen-bond acceptors (Lipinski definition) is 2. The van der Waals surface area contributed by atoms with E-state index < -0.39 is 0 Å². The quantitative estimate of drug-likeness (QED) is 0.534. The van der Waals surface area contributed by atoms with E-state index in [4.69, 9.17) is 0 Å². The molecule has 0 aromatic carbocycles. The zero-order valence-electron chi connectivity index (χ0n) is 11.6. The molecule has 96 valence electrons. The highest BCUT2D eigenvalue weighted by molar-refractivity contribution is 4.93. The summed E-state index contributed by atoms with van der Waals surface area (Å²) in [5, 5.41) is 8.34. The summed E-state index contributed by atoms with van der Waals surface area (Å²) in [6.07, 6.45) is 8.99. The molecule has 0 N–H and O–H groups in total. The summed E-state index contributed by atoms with van der Waals surface area (Å²) in [6, 6.07) is 0. The molecule has 3 nitrogen and oxygen atoms in total. The van der Waals surface area contributed by atoms with E-state index >= 15 is 0 Å². The molecule has 0 atom stereocenters. The van der Waals surface area contributed by atoms with Gasteiger partial charge in [0, 0.05) is 12.7 Å². The van der Waals surface area contributed by atoms with Crippen molar-refractivity contribution in [2.24, 2.45) is 5.92 Å². The predicted octanol–water partition coefficient (Wildman–Crippen LogP) is 3.61. The molecule has 1 heterocycles. The Morgan fingerprint density at radius 3 is 2.76 bits per heavy atom. The normalized spacial score (nSPS) is 10.9. The third-order valence-corrected chi connectivity index (χ3v) is 2.60. The molecular weight excluding hydrogens is 210 g/mol. The van der Waals surface area contributed by atoms with Crippen LogP contribution in [0, 0.1) is 5.92 Å². The minimum atomic E-state index is 0.651. The minimum Gasteiger partial charge on any atom is -0.252 e. The maximum atomic E-state index is 4.18. The van der Waals surface area contributed by atoms with Gasteiger partial charge in [-0.1, -0.05) is 30.7 Å². The van der Waals surface area contributed by atoms with Crippen molar-refractivity contribution in [3.63, 3.8) is 0 Å². The molecule has 0 aliphatic rings. The molecule has 3 heteroatoms. The Balaban J connectivity index is 2.23. The topological polar surface area (TPSA) is 30.7 Å². The molecule has 0 bridgehead atoms. The third-order valence-electron chi connectivity index (χ3n) is 2.60. The number of rotatable bonds is 7. The second kappa shape index (κ2) is 7.25. The molecule has 0 aliphatic carbocycles. The molecule has 1 aromatic heterocycles.